The summed E-state index contributed by atoms with van der Waals surface area (Å²) in [6.45, 7) is 0.705. The third kappa shape index (κ3) is 3.31. The molecule has 2 aromatic heterocycles. The molecule has 0 unspecified atom stereocenters. The summed E-state index contributed by atoms with van der Waals surface area (Å²) in [5.41, 5.74) is 8.71. The van der Waals surface area contributed by atoms with Crippen molar-refractivity contribution in [2.45, 2.75) is 0 Å². The highest BCUT2D eigenvalue weighted by Crippen LogP contribution is 2.38. The second-order valence-electron chi connectivity index (χ2n) is 6.25. The van der Waals surface area contributed by atoms with Crippen molar-refractivity contribution in [1.82, 2.24) is 15.3 Å². The molecule has 2 heterocycles. The quantitative estimate of drug-likeness (QED) is 0.395. The Morgan fingerprint density at radius 2 is 1.79 bits per heavy atom. The molecule has 2 aromatic carbocycles. The molecule has 28 heavy (non-hydrogen) atoms. The van der Waals surface area contributed by atoms with Gasteiger partial charge in [-0.3, -0.25) is 4.79 Å². The van der Waals surface area contributed by atoms with Crippen LogP contribution in [0.25, 0.3) is 33.1 Å². The molecule has 4 aromatic rings. The number of nitrogens with one attached hydrogen (secondary N) is 2. The number of hydrogen-bond acceptors (Lipinski definition) is 3. The first-order valence-electron chi connectivity index (χ1n) is 8.54. The maximum atomic E-state index is 12.6. The van der Waals surface area contributed by atoms with E-state index in [0.717, 1.165) is 21.8 Å². The zero-order chi connectivity index (χ0) is 19.8. The molecule has 0 aliphatic heterocycles. The monoisotopic (exact) mass is 432 g/mol. The highest BCUT2D eigenvalue weighted by atomic mass is 35.5. The van der Waals surface area contributed by atoms with Crippen molar-refractivity contribution in [3.63, 3.8) is 0 Å². The van der Waals surface area contributed by atoms with Gasteiger partial charge in [0, 0.05) is 34.9 Å². The third-order valence-electron chi connectivity index (χ3n) is 4.42. The Bertz CT molecular complexity index is 1200. The largest absolute Gasteiger partial charge is 0.353 e. The van der Waals surface area contributed by atoms with Gasteiger partial charge >= 0.3 is 0 Å². The first-order valence-corrected chi connectivity index (χ1v) is 9.67. The molecule has 0 radical (unpaired) electrons. The summed E-state index contributed by atoms with van der Waals surface area (Å²) >= 11 is 18.5. The summed E-state index contributed by atoms with van der Waals surface area (Å²) < 4.78 is 0. The number of benzene rings is 2. The number of aromatic nitrogens is 2. The molecule has 8 heteroatoms. The number of hydrogen-bond donors (Lipinski definition) is 3. The van der Waals surface area contributed by atoms with Crippen molar-refractivity contribution in [1.29, 1.82) is 0 Å². The zero-order valence-corrected chi connectivity index (χ0v) is 16.8. The molecule has 4 rings (SSSR count). The van der Waals surface area contributed by atoms with Gasteiger partial charge in [-0.05, 0) is 24.3 Å². The van der Waals surface area contributed by atoms with Crippen molar-refractivity contribution in [3.05, 3.63) is 63.2 Å². The van der Waals surface area contributed by atoms with Crippen LogP contribution in [0.3, 0.4) is 0 Å². The van der Waals surface area contributed by atoms with E-state index in [1.54, 1.807) is 18.2 Å². The van der Waals surface area contributed by atoms with Crippen LogP contribution in [0.4, 0.5) is 0 Å². The molecule has 142 valence electrons. The average molecular weight is 434 g/mol. The molecule has 0 spiro atoms. The van der Waals surface area contributed by atoms with Gasteiger partial charge in [-0.1, -0.05) is 53.0 Å². The summed E-state index contributed by atoms with van der Waals surface area (Å²) in [6.07, 6.45) is 0. The Morgan fingerprint density at radius 3 is 2.50 bits per heavy atom. The molecular formula is C20H15Cl3N4O. The second kappa shape index (κ2) is 7.60. The van der Waals surface area contributed by atoms with Gasteiger partial charge in [0.1, 0.15) is 5.69 Å². The molecule has 0 saturated carbocycles. The number of halogens is 3. The number of nitrogens with zero attached hydrogens (tertiary/aromatic N) is 1. The summed E-state index contributed by atoms with van der Waals surface area (Å²) in [4.78, 5) is 20.5. The van der Waals surface area contributed by atoms with Crippen molar-refractivity contribution in [3.8, 4) is 11.3 Å². The number of carbonyl (C=O) groups is 1. The van der Waals surface area contributed by atoms with E-state index in [1.165, 1.54) is 0 Å². The van der Waals surface area contributed by atoms with Crippen LogP contribution in [0.2, 0.25) is 15.1 Å². The van der Waals surface area contributed by atoms with Crippen LogP contribution in [-0.4, -0.2) is 29.0 Å². The number of carbonyl (C=O) groups excluding carboxylic acids is 1. The number of pyridine rings is 1. The van der Waals surface area contributed by atoms with E-state index in [-0.39, 0.29) is 16.6 Å². The molecule has 0 saturated heterocycles. The summed E-state index contributed by atoms with van der Waals surface area (Å²) in [7, 11) is 0. The summed E-state index contributed by atoms with van der Waals surface area (Å²) in [6, 6.07) is 13.0. The topological polar surface area (TPSA) is 83.8 Å². The van der Waals surface area contributed by atoms with E-state index in [0.29, 0.717) is 34.4 Å². The average Bonchev–Trinajstić information content (AvgIpc) is 3.07. The minimum absolute atomic E-state index is 0.275. The highest BCUT2D eigenvalue weighted by Gasteiger charge is 2.18. The minimum atomic E-state index is -0.301. The van der Waals surface area contributed by atoms with Crippen LogP contribution in [0, 0.1) is 0 Å². The fourth-order valence-corrected chi connectivity index (χ4v) is 3.74. The molecule has 0 aliphatic carbocycles. The van der Waals surface area contributed by atoms with Gasteiger partial charge in [0.25, 0.3) is 5.91 Å². The molecule has 0 fully saturated rings. The number of fused-ring (bicyclic) bond motifs is 3. The van der Waals surface area contributed by atoms with Crippen LogP contribution in [0.5, 0.6) is 0 Å². The molecule has 5 nitrogen and oxygen atoms in total. The fraction of sp³-hybridized carbons (Fsp3) is 0.100. The first-order chi connectivity index (χ1) is 13.5. The molecule has 0 bridgehead atoms. The van der Waals surface area contributed by atoms with E-state index >= 15 is 0 Å². The smallest absolute Gasteiger partial charge is 0.269 e. The van der Waals surface area contributed by atoms with Crippen LogP contribution in [0.1, 0.15) is 10.5 Å². The lowest BCUT2D eigenvalue weighted by Gasteiger charge is -2.10. The lowest BCUT2D eigenvalue weighted by molar-refractivity contribution is 0.0950. The van der Waals surface area contributed by atoms with E-state index < -0.39 is 0 Å². The number of nitrogens with two attached hydrogens (primary N) is 1. The van der Waals surface area contributed by atoms with Gasteiger partial charge in [0.05, 0.1) is 26.3 Å². The first kappa shape index (κ1) is 19.0. The maximum Gasteiger partial charge on any atom is 0.269 e. The number of rotatable bonds is 4. The lowest BCUT2D eigenvalue weighted by Crippen LogP contribution is -2.29. The SMILES string of the molecule is NCCNC(=O)c1cc2c([nH]c3ccccc32)c(-c2cc(Cl)c(Cl)c(Cl)c2)n1. The normalized spacial score (nSPS) is 11.3. The summed E-state index contributed by atoms with van der Waals surface area (Å²) in [5.74, 6) is -0.301. The predicted octanol–water partition coefficient (Wildman–Crippen LogP) is 5.03. The van der Waals surface area contributed by atoms with Crippen LogP contribution >= 0.6 is 34.8 Å². The summed E-state index contributed by atoms with van der Waals surface area (Å²) in [5, 5.41) is 5.52. The predicted molar refractivity (Wildman–Crippen MR) is 115 cm³/mol. The molecule has 1 amide bonds. The molecule has 0 aliphatic rings. The molecular weight excluding hydrogens is 419 g/mol. The van der Waals surface area contributed by atoms with E-state index in [1.807, 2.05) is 24.3 Å². The third-order valence-corrected chi connectivity index (χ3v) is 5.61. The van der Waals surface area contributed by atoms with Crippen LogP contribution in [-0.2, 0) is 0 Å². The number of H-pyrrole nitrogens is 1. The lowest BCUT2D eigenvalue weighted by atomic mass is 10.1. The Labute approximate surface area is 175 Å². The number of amides is 1. The van der Waals surface area contributed by atoms with Crippen molar-refractivity contribution in [2.75, 3.05) is 13.1 Å². The highest BCUT2D eigenvalue weighted by molar-refractivity contribution is 6.48. The van der Waals surface area contributed by atoms with Crippen molar-refractivity contribution < 1.29 is 4.79 Å². The number of aromatic amines is 1. The van der Waals surface area contributed by atoms with Gasteiger partial charge in [0.2, 0.25) is 0 Å². The fourth-order valence-electron chi connectivity index (χ4n) is 3.14. The maximum absolute atomic E-state index is 12.6. The Kier molecular flexibility index (Phi) is 5.17. The van der Waals surface area contributed by atoms with E-state index in [9.17, 15) is 4.79 Å². The van der Waals surface area contributed by atoms with E-state index in [4.69, 9.17) is 40.5 Å². The van der Waals surface area contributed by atoms with Gasteiger partial charge in [-0.15, -0.1) is 0 Å². The second-order valence-corrected chi connectivity index (χ2v) is 7.44. The Balaban J connectivity index is 2.01. The standard InChI is InChI=1S/C20H15Cl3N4O/c21-13-7-10(8-14(22)17(13)23)18-19-12(11-3-1-2-4-15(11)26-19)9-16(27-18)20(28)25-6-5-24/h1-4,7-9,26H,5-6,24H2,(H,25,28). The van der Waals surface area contributed by atoms with Gasteiger partial charge in [-0.2, -0.15) is 0 Å². The molecule has 4 N–H and O–H groups in total. The van der Waals surface area contributed by atoms with Crippen LogP contribution in [0.15, 0.2) is 42.5 Å². The molecule has 0 atom stereocenters. The number of para-hydroxylation sites is 1. The van der Waals surface area contributed by atoms with Crippen LogP contribution < -0.4 is 11.1 Å². The Hall–Kier alpha value is -2.31. The van der Waals surface area contributed by atoms with Gasteiger partial charge in [0.15, 0.2) is 0 Å². The van der Waals surface area contributed by atoms with Crippen molar-refractivity contribution >= 4 is 62.5 Å². The van der Waals surface area contributed by atoms with E-state index in [2.05, 4.69) is 15.3 Å². The zero-order valence-electron chi connectivity index (χ0n) is 14.5. The van der Waals surface area contributed by atoms with Gasteiger partial charge in [-0.25, -0.2) is 4.98 Å². The minimum Gasteiger partial charge on any atom is -0.353 e. The Morgan fingerprint density at radius 1 is 1.07 bits per heavy atom. The van der Waals surface area contributed by atoms with Crippen molar-refractivity contribution in [2.24, 2.45) is 5.73 Å². The van der Waals surface area contributed by atoms with Gasteiger partial charge < -0.3 is 16.0 Å².